The van der Waals surface area contributed by atoms with Crippen molar-refractivity contribution in [2.45, 2.75) is 26.3 Å². The molecule has 2 aromatic carbocycles. The van der Waals surface area contributed by atoms with E-state index in [0.29, 0.717) is 25.2 Å². The van der Waals surface area contributed by atoms with E-state index in [9.17, 15) is 9.59 Å². The van der Waals surface area contributed by atoms with Gasteiger partial charge in [-0.15, -0.1) is 10.2 Å². The maximum atomic E-state index is 13.1. The predicted molar refractivity (Wildman–Crippen MR) is 133 cm³/mol. The first-order valence-electron chi connectivity index (χ1n) is 11.8. The van der Waals surface area contributed by atoms with Crippen LogP contribution in [-0.2, 0) is 4.79 Å². The standard InChI is InChI=1S/C27H31N5O2/c1-21(2)32(27(34)23-12-7-4-8-13-23)20-26(33)31-17-9-16-30(18-19-31)25-15-14-24(28-29-25)22-10-5-3-6-11-22/h3-8,10-15,21H,9,16-20H2,1-2H3. The Labute approximate surface area is 201 Å². The first-order valence-corrected chi connectivity index (χ1v) is 11.8. The van der Waals surface area contributed by atoms with E-state index in [2.05, 4.69) is 15.1 Å². The minimum absolute atomic E-state index is 0.0228. The fourth-order valence-corrected chi connectivity index (χ4v) is 4.13. The SMILES string of the molecule is CC(C)N(CC(=O)N1CCCN(c2ccc(-c3ccccc3)nn2)CC1)C(=O)c1ccccc1. The molecule has 4 rings (SSSR count). The summed E-state index contributed by atoms with van der Waals surface area (Å²) in [7, 11) is 0. The summed E-state index contributed by atoms with van der Waals surface area (Å²) in [5.74, 6) is 0.677. The third-order valence-electron chi connectivity index (χ3n) is 6.10. The third-order valence-corrected chi connectivity index (χ3v) is 6.10. The van der Waals surface area contributed by atoms with Gasteiger partial charge >= 0.3 is 0 Å². The Morgan fingerprint density at radius 3 is 2.21 bits per heavy atom. The zero-order chi connectivity index (χ0) is 23.9. The van der Waals surface area contributed by atoms with Crippen molar-refractivity contribution in [3.05, 3.63) is 78.4 Å². The molecule has 1 fully saturated rings. The van der Waals surface area contributed by atoms with E-state index in [0.717, 1.165) is 30.0 Å². The second kappa shape index (κ2) is 10.9. The monoisotopic (exact) mass is 457 g/mol. The molecule has 0 atom stereocenters. The van der Waals surface area contributed by atoms with Crippen LogP contribution in [0.2, 0.25) is 0 Å². The highest BCUT2D eigenvalue weighted by molar-refractivity contribution is 5.96. The molecule has 0 aliphatic carbocycles. The molecule has 1 aromatic heterocycles. The number of nitrogens with zero attached hydrogens (tertiary/aromatic N) is 5. The molecule has 0 radical (unpaired) electrons. The van der Waals surface area contributed by atoms with Crippen molar-refractivity contribution in [1.82, 2.24) is 20.0 Å². The van der Waals surface area contributed by atoms with Gasteiger partial charge in [-0.25, -0.2) is 0 Å². The van der Waals surface area contributed by atoms with Crippen molar-refractivity contribution in [2.24, 2.45) is 0 Å². The first kappa shape index (κ1) is 23.4. The van der Waals surface area contributed by atoms with Crippen LogP contribution in [0.25, 0.3) is 11.3 Å². The van der Waals surface area contributed by atoms with Crippen molar-refractivity contribution in [3.8, 4) is 11.3 Å². The molecule has 0 N–H and O–H groups in total. The fourth-order valence-electron chi connectivity index (χ4n) is 4.13. The van der Waals surface area contributed by atoms with Crippen LogP contribution < -0.4 is 4.90 Å². The van der Waals surface area contributed by atoms with Crippen LogP contribution in [0.5, 0.6) is 0 Å². The van der Waals surface area contributed by atoms with E-state index >= 15 is 0 Å². The van der Waals surface area contributed by atoms with E-state index in [4.69, 9.17) is 0 Å². The molecule has 176 valence electrons. The summed E-state index contributed by atoms with van der Waals surface area (Å²) in [5.41, 5.74) is 2.48. The lowest BCUT2D eigenvalue weighted by molar-refractivity contribution is -0.132. The van der Waals surface area contributed by atoms with E-state index in [1.54, 1.807) is 17.0 Å². The lowest BCUT2D eigenvalue weighted by Gasteiger charge is -2.29. The Morgan fingerprint density at radius 1 is 0.853 bits per heavy atom. The van der Waals surface area contributed by atoms with Crippen LogP contribution in [0.15, 0.2) is 72.8 Å². The van der Waals surface area contributed by atoms with Gasteiger partial charge in [0.25, 0.3) is 5.91 Å². The van der Waals surface area contributed by atoms with Crippen molar-refractivity contribution >= 4 is 17.6 Å². The average Bonchev–Trinajstić information content (AvgIpc) is 3.14. The van der Waals surface area contributed by atoms with E-state index < -0.39 is 0 Å². The molecule has 1 saturated heterocycles. The lowest BCUT2D eigenvalue weighted by atomic mass is 10.1. The molecule has 0 saturated carbocycles. The highest BCUT2D eigenvalue weighted by Gasteiger charge is 2.26. The second-order valence-electron chi connectivity index (χ2n) is 8.76. The van der Waals surface area contributed by atoms with Gasteiger partial charge in [-0.3, -0.25) is 9.59 Å². The van der Waals surface area contributed by atoms with Crippen molar-refractivity contribution in [2.75, 3.05) is 37.6 Å². The number of amides is 2. The minimum atomic E-state index is -0.117. The highest BCUT2D eigenvalue weighted by Crippen LogP contribution is 2.19. The average molecular weight is 458 g/mol. The Bertz CT molecular complexity index is 1090. The number of hydrogen-bond donors (Lipinski definition) is 0. The molecule has 0 spiro atoms. The second-order valence-corrected chi connectivity index (χ2v) is 8.76. The number of rotatable bonds is 6. The number of carbonyl (C=O) groups is 2. The predicted octanol–water partition coefficient (Wildman–Crippen LogP) is 3.73. The molecule has 1 aliphatic rings. The Kier molecular flexibility index (Phi) is 7.52. The van der Waals surface area contributed by atoms with E-state index in [1.807, 2.05) is 79.4 Å². The molecule has 3 aromatic rings. The molecule has 7 heteroatoms. The van der Waals surface area contributed by atoms with Gasteiger partial charge in [-0.05, 0) is 44.5 Å². The van der Waals surface area contributed by atoms with Crippen LogP contribution in [0.3, 0.4) is 0 Å². The van der Waals surface area contributed by atoms with E-state index in [-0.39, 0.29) is 24.4 Å². The quantitative estimate of drug-likeness (QED) is 0.564. The third kappa shape index (κ3) is 5.60. The summed E-state index contributed by atoms with van der Waals surface area (Å²) in [6, 6.07) is 23.0. The first-order chi connectivity index (χ1) is 16.5. The van der Waals surface area contributed by atoms with Crippen LogP contribution in [-0.4, -0.2) is 70.6 Å². The maximum absolute atomic E-state index is 13.1. The van der Waals surface area contributed by atoms with Gasteiger partial charge in [0.1, 0.15) is 6.54 Å². The van der Waals surface area contributed by atoms with Gasteiger partial charge in [-0.1, -0.05) is 48.5 Å². The molecule has 0 unspecified atom stereocenters. The summed E-state index contributed by atoms with van der Waals surface area (Å²) < 4.78 is 0. The normalized spacial score (nSPS) is 14.1. The minimum Gasteiger partial charge on any atom is -0.353 e. The van der Waals surface area contributed by atoms with Gasteiger partial charge in [0.05, 0.1) is 5.69 Å². The lowest BCUT2D eigenvalue weighted by Crippen LogP contribution is -2.46. The molecule has 34 heavy (non-hydrogen) atoms. The maximum Gasteiger partial charge on any atom is 0.254 e. The number of carbonyl (C=O) groups excluding carboxylic acids is 2. The summed E-state index contributed by atoms with van der Waals surface area (Å²) in [6.45, 7) is 6.70. The van der Waals surface area contributed by atoms with Crippen molar-refractivity contribution in [1.29, 1.82) is 0 Å². The molecular formula is C27H31N5O2. The number of hydrogen-bond acceptors (Lipinski definition) is 5. The summed E-state index contributed by atoms with van der Waals surface area (Å²) in [5, 5.41) is 8.84. The fraction of sp³-hybridized carbons (Fsp3) is 0.333. The van der Waals surface area contributed by atoms with Crippen LogP contribution in [0.1, 0.15) is 30.6 Å². The summed E-state index contributed by atoms with van der Waals surface area (Å²) >= 11 is 0. The summed E-state index contributed by atoms with van der Waals surface area (Å²) in [6.07, 6.45) is 0.835. The molecule has 2 amide bonds. The van der Waals surface area contributed by atoms with E-state index in [1.165, 1.54) is 0 Å². The van der Waals surface area contributed by atoms with Gasteiger partial charge < -0.3 is 14.7 Å². The van der Waals surface area contributed by atoms with Crippen molar-refractivity contribution in [3.63, 3.8) is 0 Å². The molecule has 7 nitrogen and oxygen atoms in total. The smallest absolute Gasteiger partial charge is 0.254 e. The van der Waals surface area contributed by atoms with Crippen molar-refractivity contribution < 1.29 is 9.59 Å². The Balaban J connectivity index is 1.37. The highest BCUT2D eigenvalue weighted by atomic mass is 16.2. The molecule has 1 aliphatic heterocycles. The zero-order valence-electron chi connectivity index (χ0n) is 19.8. The number of anilines is 1. The van der Waals surface area contributed by atoms with Crippen LogP contribution in [0, 0.1) is 0 Å². The largest absolute Gasteiger partial charge is 0.353 e. The van der Waals surface area contributed by atoms with Gasteiger partial charge in [-0.2, -0.15) is 0 Å². The summed E-state index contributed by atoms with van der Waals surface area (Å²) in [4.78, 5) is 31.8. The topological polar surface area (TPSA) is 69.6 Å². The number of benzene rings is 2. The Morgan fingerprint density at radius 2 is 1.56 bits per heavy atom. The molecule has 0 bridgehead atoms. The Hall–Kier alpha value is -3.74. The molecule has 2 heterocycles. The van der Waals surface area contributed by atoms with Gasteiger partial charge in [0.15, 0.2) is 5.82 Å². The zero-order valence-corrected chi connectivity index (χ0v) is 19.8. The number of aromatic nitrogens is 2. The van der Waals surface area contributed by atoms with Crippen LogP contribution >= 0.6 is 0 Å². The van der Waals surface area contributed by atoms with Gasteiger partial charge in [0, 0.05) is 43.3 Å². The van der Waals surface area contributed by atoms with Crippen LogP contribution in [0.4, 0.5) is 5.82 Å². The molecular weight excluding hydrogens is 426 g/mol. The van der Waals surface area contributed by atoms with Gasteiger partial charge in [0.2, 0.25) is 5.91 Å².